The summed E-state index contributed by atoms with van der Waals surface area (Å²) in [4.78, 5) is 14.9. The van der Waals surface area contributed by atoms with Crippen molar-refractivity contribution < 1.29 is 9.90 Å². The maximum Gasteiger partial charge on any atom is 0.290 e. The number of nitrogens with zero attached hydrogens (tertiary/aromatic N) is 5. The number of aromatic amines is 1. The molecule has 0 aliphatic carbocycles. The van der Waals surface area contributed by atoms with E-state index < -0.39 is 0 Å². The monoisotopic (exact) mass is 344 g/mol. The smallest absolute Gasteiger partial charge is 0.290 e. The van der Waals surface area contributed by atoms with Crippen LogP contribution in [0.1, 0.15) is 28.9 Å². The second-order valence-corrected chi connectivity index (χ2v) is 5.96. The number of aryl methyl sites for hydroxylation is 2. The van der Waals surface area contributed by atoms with E-state index in [1.54, 1.807) is 10.8 Å². The number of hydrogen-bond donors (Lipinski definition) is 2. The molecule has 8 nitrogen and oxygen atoms in total. The maximum absolute atomic E-state index is 8.36. The second-order valence-electron chi connectivity index (χ2n) is 5.96. The molecule has 0 aliphatic heterocycles. The predicted octanol–water partition coefficient (Wildman–Crippen LogP) is 1.83. The first kappa shape index (κ1) is 18.6. The van der Waals surface area contributed by atoms with Gasteiger partial charge in [0.2, 0.25) is 0 Å². The van der Waals surface area contributed by atoms with Gasteiger partial charge in [-0.15, -0.1) is 0 Å². The molecule has 8 heteroatoms. The summed E-state index contributed by atoms with van der Waals surface area (Å²) < 4.78 is 1.79. The van der Waals surface area contributed by atoms with Crippen LogP contribution in [-0.2, 0) is 17.8 Å². The number of carboxylic acid groups (broad SMARTS) is 1. The van der Waals surface area contributed by atoms with Crippen molar-refractivity contribution in [1.82, 2.24) is 29.7 Å². The first-order valence-electron chi connectivity index (χ1n) is 8.10. The Morgan fingerprint density at radius 2 is 2.16 bits per heavy atom. The number of carbonyl (C=O) groups is 1. The highest BCUT2D eigenvalue weighted by Crippen LogP contribution is 2.13. The molecule has 0 saturated heterocycles. The van der Waals surface area contributed by atoms with Crippen molar-refractivity contribution in [1.29, 1.82) is 0 Å². The molecule has 3 aromatic rings. The van der Waals surface area contributed by atoms with Gasteiger partial charge in [-0.3, -0.25) is 9.89 Å². The first-order valence-corrected chi connectivity index (χ1v) is 8.10. The van der Waals surface area contributed by atoms with Crippen LogP contribution in [0.2, 0.25) is 0 Å². The molecule has 2 N–H and O–H groups in total. The van der Waals surface area contributed by atoms with Gasteiger partial charge in [-0.1, -0.05) is 0 Å². The minimum atomic E-state index is -0.250. The lowest BCUT2D eigenvalue weighted by molar-refractivity contribution is -0.122. The van der Waals surface area contributed by atoms with Gasteiger partial charge in [-0.25, -0.2) is 9.50 Å². The van der Waals surface area contributed by atoms with Gasteiger partial charge >= 0.3 is 0 Å². The Kier molecular flexibility index (Phi) is 6.64. The Bertz CT molecular complexity index is 791. The highest BCUT2D eigenvalue weighted by Gasteiger charge is 2.07. The number of hydrogen-bond acceptors (Lipinski definition) is 5. The Morgan fingerprint density at radius 1 is 1.40 bits per heavy atom. The fraction of sp³-hybridized carbons (Fsp3) is 0.412. The molecular weight excluding hydrogens is 320 g/mol. The van der Waals surface area contributed by atoms with Crippen molar-refractivity contribution >= 4 is 12.1 Å². The standard InChI is InChI=1S/C16H22N6.CH2O2/c1-12-15(13(2)20-19-12)5-4-7-21(3)10-14-6-8-22-16(9-14)17-11-18-22;2-1-3/h6,8-9,11H,4-5,7,10H2,1-3H3,(H,19,20);1H,(H,2,3). The third-order valence-corrected chi connectivity index (χ3v) is 4.04. The summed E-state index contributed by atoms with van der Waals surface area (Å²) in [6, 6.07) is 4.19. The molecule has 0 unspecified atom stereocenters. The Hall–Kier alpha value is -2.74. The predicted molar refractivity (Wildman–Crippen MR) is 94.4 cm³/mol. The van der Waals surface area contributed by atoms with Crippen molar-refractivity contribution in [3.8, 4) is 0 Å². The molecule has 25 heavy (non-hydrogen) atoms. The molecule has 0 saturated carbocycles. The molecule has 134 valence electrons. The molecule has 0 aliphatic rings. The van der Waals surface area contributed by atoms with E-state index in [2.05, 4.69) is 58.2 Å². The van der Waals surface area contributed by atoms with Crippen LogP contribution in [0.3, 0.4) is 0 Å². The minimum Gasteiger partial charge on any atom is -0.483 e. The summed E-state index contributed by atoms with van der Waals surface area (Å²) in [6.45, 7) is 5.89. The van der Waals surface area contributed by atoms with E-state index in [-0.39, 0.29) is 6.47 Å². The van der Waals surface area contributed by atoms with Gasteiger partial charge in [0.15, 0.2) is 5.65 Å². The van der Waals surface area contributed by atoms with Gasteiger partial charge in [0.1, 0.15) is 6.33 Å². The van der Waals surface area contributed by atoms with E-state index in [4.69, 9.17) is 9.90 Å². The summed E-state index contributed by atoms with van der Waals surface area (Å²) in [5, 5.41) is 18.3. The SMILES string of the molecule is Cc1n[nH]c(C)c1CCCN(C)Cc1ccn2ncnc2c1.O=CO. The largest absolute Gasteiger partial charge is 0.483 e. The zero-order valence-corrected chi connectivity index (χ0v) is 14.8. The Balaban J connectivity index is 0.000000701. The zero-order valence-electron chi connectivity index (χ0n) is 14.8. The Labute approximate surface area is 146 Å². The van der Waals surface area contributed by atoms with Crippen molar-refractivity contribution in [3.63, 3.8) is 0 Å². The van der Waals surface area contributed by atoms with Crippen molar-refractivity contribution in [2.75, 3.05) is 13.6 Å². The van der Waals surface area contributed by atoms with E-state index in [1.807, 2.05) is 6.20 Å². The van der Waals surface area contributed by atoms with Crippen LogP contribution in [0.5, 0.6) is 0 Å². The second kappa shape index (κ2) is 8.93. The fourth-order valence-electron chi connectivity index (χ4n) is 2.81. The average Bonchev–Trinajstić information content (AvgIpc) is 3.16. The number of nitrogens with one attached hydrogen (secondary N) is 1. The molecule has 0 bridgehead atoms. The number of pyridine rings is 1. The lowest BCUT2D eigenvalue weighted by Gasteiger charge is -2.16. The van der Waals surface area contributed by atoms with Crippen LogP contribution in [-0.4, -0.2) is 54.9 Å². The van der Waals surface area contributed by atoms with Gasteiger partial charge < -0.3 is 10.0 Å². The molecule has 3 heterocycles. The van der Waals surface area contributed by atoms with Gasteiger partial charge in [-0.05, 0) is 63.5 Å². The van der Waals surface area contributed by atoms with E-state index >= 15 is 0 Å². The highest BCUT2D eigenvalue weighted by atomic mass is 16.3. The van der Waals surface area contributed by atoms with Crippen molar-refractivity contribution in [2.45, 2.75) is 33.2 Å². The quantitative estimate of drug-likeness (QED) is 0.662. The van der Waals surface area contributed by atoms with Crippen LogP contribution in [0.15, 0.2) is 24.7 Å². The van der Waals surface area contributed by atoms with E-state index in [1.165, 1.54) is 16.8 Å². The van der Waals surface area contributed by atoms with Gasteiger partial charge in [-0.2, -0.15) is 10.2 Å². The van der Waals surface area contributed by atoms with Crippen LogP contribution < -0.4 is 0 Å². The summed E-state index contributed by atoms with van der Waals surface area (Å²) in [5.74, 6) is 0. The normalized spacial score (nSPS) is 10.7. The topological polar surface area (TPSA) is 99.4 Å². The summed E-state index contributed by atoms with van der Waals surface area (Å²) >= 11 is 0. The lowest BCUT2D eigenvalue weighted by atomic mass is 10.1. The third-order valence-electron chi connectivity index (χ3n) is 4.04. The number of aromatic nitrogens is 5. The molecule has 0 fully saturated rings. The summed E-state index contributed by atoms with van der Waals surface area (Å²) in [5.41, 5.74) is 5.84. The molecule has 0 atom stereocenters. The number of H-pyrrole nitrogens is 1. The fourth-order valence-corrected chi connectivity index (χ4v) is 2.81. The van der Waals surface area contributed by atoms with Gasteiger partial charge in [0.05, 0.1) is 5.69 Å². The number of fused-ring (bicyclic) bond motifs is 1. The molecule has 0 aromatic carbocycles. The van der Waals surface area contributed by atoms with E-state index in [0.717, 1.165) is 37.3 Å². The third kappa shape index (κ3) is 5.12. The molecule has 3 aromatic heterocycles. The van der Waals surface area contributed by atoms with Crippen molar-refractivity contribution in [2.24, 2.45) is 0 Å². The minimum absolute atomic E-state index is 0.250. The van der Waals surface area contributed by atoms with Crippen molar-refractivity contribution in [3.05, 3.63) is 47.2 Å². The van der Waals surface area contributed by atoms with E-state index in [9.17, 15) is 0 Å². The maximum atomic E-state index is 8.36. The molecule has 0 spiro atoms. The molecule has 0 amide bonds. The zero-order chi connectivity index (χ0) is 18.2. The summed E-state index contributed by atoms with van der Waals surface area (Å²) in [6.07, 6.45) is 5.74. The van der Waals surface area contributed by atoms with Crippen LogP contribution in [0, 0.1) is 13.8 Å². The lowest BCUT2D eigenvalue weighted by Crippen LogP contribution is -2.19. The van der Waals surface area contributed by atoms with Gasteiger partial charge in [0.25, 0.3) is 6.47 Å². The highest BCUT2D eigenvalue weighted by molar-refractivity contribution is 5.39. The van der Waals surface area contributed by atoms with Gasteiger partial charge in [0, 0.05) is 18.4 Å². The summed E-state index contributed by atoms with van der Waals surface area (Å²) in [7, 11) is 2.16. The Morgan fingerprint density at radius 3 is 2.84 bits per heavy atom. The average molecular weight is 344 g/mol. The van der Waals surface area contributed by atoms with Crippen LogP contribution in [0.4, 0.5) is 0 Å². The van der Waals surface area contributed by atoms with Crippen LogP contribution in [0.25, 0.3) is 5.65 Å². The molecular formula is C17H24N6O2. The first-order chi connectivity index (χ1) is 12.0. The number of rotatable bonds is 6. The van der Waals surface area contributed by atoms with Crippen LogP contribution >= 0.6 is 0 Å². The van der Waals surface area contributed by atoms with E-state index in [0.29, 0.717) is 0 Å². The molecule has 0 radical (unpaired) electrons. The molecule has 3 rings (SSSR count).